The topological polar surface area (TPSA) is 109 Å². The third-order valence-corrected chi connectivity index (χ3v) is 6.33. The number of carbonyl (C=O) groups is 1. The van der Waals surface area contributed by atoms with Gasteiger partial charge in [-0.05, 0) is 32.8 Å². The lowest BCUT2D eigenvalue weighted by Crippen LogP contribution is -2.33. The molecule has 1 unspecified atom stereocenters. The van der Waals surface area contributed by atoms with Gasteiger partial charge in [0, 0.05) is 23.4 Å². The van der Waals surface area contributed by atoms with Crippen LogP contribution in [0.1, 0.15) is 41.6 Å². The molecule has 28 heavy (non-hydrogen) atoms. The minimum absolute atomic E-state index is 0.0102. The molecule has 1 heterocycles. The van der Waals surface area contributed by atoms with Gasteiger partial charge in [-0.3, -0.25) is 0 Å². The lowest BCUT2D eigenvalue weighted by molar-refractivity contribution is -0.137. The van der Waals surface area contributed by atoms with Gasteiger partial charge >= 0.3 is 5.97 Å². The molecule has 0 bridgehead atoms. The van der Waals surface area contributed by atoms with Crippen LogP contribution in [-0.2, 0) is 21.1 Å². The van der Waals surface area contributed by atoms with Crippen LogP contribution in [0.3, 0.4) is 0 Å². The van der Waals surface area contributed by atoms with E-state index >= 15 is 0 Å². The summed E-state index contributed by atoms with van der Waals surface area (Å²) >= 11 is 0. The second-order valence-corrected chi connectivity index (χ2v) is 9.38. The fraction of sp³-hybridized carbons (Fsp3) is 0.450. The second-order valence-electron chi connectivity index (χ2n) is 6.91. The minimum atomic E-state index is -3.26. The second kappa shape index (κ2) is 9.14. The van der Waals surface area contributed by atoms with Crippen molar-refractivity contribution in [2.75, 3.05) is 16.8 Å². The summed E-state index contributed by atoms with van der Waals surface area (Å²) < 4.78 is 23.6. The van der Waals surface area contributed by atoms with E-state index in [0.717, 1.165) is 22.4 Å². The number of benzene rings is 1. The van der Waals surface area contributed by atoms with Crippen molar-refractivity contribution in [1.82, 2.24) is 9.97 Å². The minimum Gasteiger partial charge on any atom is -0.480 e. The van der Waals surface area contributed by atoms with Crippen molar-refractivity contribution in [1.29, 1.82) is 0 Å². The summed E-state index contributed by atoms with van der Waals surface area (Å²) in [6.45, 7) is 7.17. The van der Waals surface area contributed by atoms with Gasteiger partial charge in [-0.2, -0.15) is 0 Å². The van der Waals surface area contributed by atoms with Crippen LogP contribution in [0.2, 0.25) is 0 Å². The first-order valence-corrected chi connectivity index (χ1v) is 11.0. The number of nitrogens with one attached hydrogen (secondary N) is 1. The van der Waals surface area contributed by atoms with E-state index in [1.807, 2.05) is 38.1 Å². The molecule has 0 aliphatic rings. The summed E-state index contributed by atoms with van der Waals surface area (Å²) in [6, 6.07) is 7.01. The maximum atomic E-state index is 11.8. The van der Waals surface area contributed by atoms with E-state index in [9.17, 15) is 18.3 Å². The molecule has 0 fully saturated rings. The molecule has 0 saturated heterocycles. The summed E-state index contributed by atoms with van der Waals surface area (Å²) in [5, 5.41) is 12.5. The van der Waals surface area contributed by atoms with Crippen molar-refractivity contribution in [3.05, 3.63) is 52.5 Å². The summed E-state index contributed by atoms with van der Waals surface area (Å²) in [5.41, 5.74) is 3.78. The van der Waals surface area contributed by atoms with Gasteiger partial charge in [-0.15, -0.1) is 0 Å². The van der Waals surface area contributed by atoms with E-state index in [2.05, 4.69) is 15.3 Å². The van der Waals surface area contributed by atoms with Crippen LogP contribution in [-0.4, -0.2) is 47.0 Å². The third-order valence-electron chi connectivity index (χ3n) is 4.59. The molecule has 1 atom stereocenters. The first-order valence-electron chi connectivity index (χ1n) is 9.20. The zero-order chi connectivity index (χ0) is 20.9. The molecular weight excluding hydrogens is 378 g/mol. The lowest BCUT2D eigenvalue weighted by Gasteiger charge is -2.19. The van der Waals surface area contributed by atoms with Gasteiger partial charge in [-0.1, -0.05) is 36.8 Å². The fourth-order valence-electron chi connectivity index (χ4n) is 2.84. The van der Waals surface area contributed by atoms with E-state index in [1.165, 1.54) is 0 Å². The number of aryl methyl sites for hydroxylation is 3. The molecule has 0 amide bonds. The fourth-order valence-corrected chi connectivity index (χ4v) is 3.72. The quantitative estimate of drug-likeness (QED) is 0.660. The van der Waals surface area contributed by atoms with Crippen molar-refractivity contribution in [3.63, 3.8) is 0 Å². The van der Waals surface area contributed by atoms with E-state index in [1.54, 1.807) is 13.8 Å². The molecule has 2 rings (SSSR count). The average Bonchev–Trinajstić information content (AvgIpc) is 2.62. The highest BCUT2D eigenvalue weighted by atomic mass is 32.2. The third kappa shape index (κ3) is 6.02. The molecule has 0 radical (unpaired) electrons. The number of hydrogen-bond donors (Lipinski definition) is 2. The molecule has 1 aromatic heterocycles. The molecule has 7 nitrogen and oxygen atoms in total. The van der Waals surface area contributed by atoms with E-state index < -0.39 is 21.8 Å². The Morgan fingerprint density at radius 2 is 1.79 bits per heavy atom. The van der Waals surface area contributed by atoms with E-state index in [0.29, 0.717) is 18.1 Å². The van der Waals surface area contributed by atoms with Crippen LogP contribution in [0, 0.1) is 20.8 Å². The summed E-state index contributed by atoms with van der Waals surface area (Å²) in [5.74, 6) is -0.348. The maximum absolute atomic E-state index is 11.8. The Hall–Kier alpha value is -2.48. The molecular formula is C20H27N3O4S. The normalized spacial score (nSPS) is 12.6. The van der Waals surface area contributed by atoms with Gasteiger partial charge in [0.15, 0.2) is 0 Å². The standard InChI is InChI=1S/C20H27N3O4S/c1-5-28(26,27)11-10-18(20(24)25)23-19-17(14(3)21-15(4)22-19)12-16-8-6-13(2)7-9-16/h6-9,18H,5,10-12H2,1-4H3,(H,24,25)(H,21,22,23). The molecule has 1 aromatic carbocycles. The van der Waals surface area contributed by atoms with Gasteiger partial charge in [0.25, 0.3) is 0 Å². The number of anilines is 1. The Balaban J connectivity index is 2.31. The van der Waals surface area contributed by atoms with Crippen LogP contribution in [0.5, 0.6) is 0 Å². The maximum Gasteiger partial charge on any atom is 0.326 e. The summed E-state index contributed by atoms with van der Waals surface area (Å²) in [6.07, 6.45) is 0.520. The molecule has 152 valence electrons. The zero-order valence-electron chi connectivity index (χ0n) is 16.7. The average molecular weight is 406 g/mol. The van der Waals surface area contributed by atoms with Crippen LogP contribution >= 0.6 is 0 Å². The molecule has 2 N–H and O–H groups in total. The van der Waals surface area contributed by atoms with Gasteiger partial charge < -0.3 is 10.4 Å². The SMILES string of the molecule is CCS(=O)(=O)CCC(Nc1nc(C)nc(C)c1Cc1ccc(C)cc1)C(=O)O. The lowest BCUT2D eigenvalue weighted by atomic mass is 10.0. The number of rotatable bonds is 9. The number of carboxylic acids is 1. The number of hydrogen-bond acceptors (Lipinski definition) is 6. The number of nitrogens with zero attached hydrogens (tertiary/aromatic N) is 2. The highest BCUT2D eigenvalue weighted by Crippen LogP contribution is 2.22. The Kier molecular flexibility index (Phi) is 7.12. The summed E-state index contributed by atoms with van der Waals surface area (Å²) in [4.78, 5) is 20.5. The van der Waals surface area contributed by atoms with E-state index in [-0.39, 0.29) is 17.9 Å². The van der Waals surface area contributed by atoms with Gasteiger partial charge in [-0.25, -0.2) is 23.2 Å². The first-order chi connectivity index (χ1) is 13.1. The molecule has 8 heteroatoms. The molecule has 0 aliphatic heterocycles. The first kappa shape index (κ1) is 21.8. The Morgan fingerprint density at radius 3 is 2.36 bits per heavy atom. The van der Waals surface area contributed by atoms with Crippen molar-refractivity contribution in [2.24, 2.45) is 0 Å². The summed E-state index contributed by atoms with van der Waals surface area (Å²) in [7, 11) is -3.26. The van der Waals surface area contributed by atoms with Crippen molar-refractivity contribution >= 4 is 21.6 Å². The van der Waals surface area contributed by atoms with Crippen molar-refractivity contribution < 1.29 is 18.3 Å². The van der Waals surface area contributed by atoms with Crippen molar-refractivity contribution in [3.8, 4) is 0 Å². The highest BCUT2D eigenvalue weighted by molar-refractivity contribution is 7.91. The predicted octanol–water partition coefficient (Wildman–Crippen LogP) is 2.68. The Morgan fingerprint density at radius 1 is 1.14 bits per heavy atom. The molecule has 2 aromatic rings. The predicted molar refractivity (Wildman–Crippen MR) is 109 cm³/mol. The van der Waals surface area contributed by atoms with E-state index in [4.69, 9.17) is 0 Å². The number of sulfone groups is 1. The molecule has 0 saturated carbocycles. The Bertz CT molecular complexity index is 941. The zero-order valence-corrected chi connectivity index (χ0v) is 17.5. The highest BCUT2D eigenvalue weighted by Gasteiger charge is 2.23. The number of aliphatic carboxylic acids is 1. The Labute approximate surface area is 166 Å². The smallest absolute Gasteiger partial charge is 0.326 e. The van der Waals surface area contributed by atoms with Crippen LogP contribution in [0.4, 0.5) is 5.82 Å². The van der Waals surface area contributed by atoms with Crippen molar-refractivity contribution in [2.45, 2.75) is 46.6 Å². The number of aromatic nitrogens is 2. The van der Waals surface area contributed by atoms with Gasteiger partial charge in [0.2, 0.25) is 0 Å². The largest absolute Gasteiger partial charge is 0.480 e. The molecule has 0 aliphatic carbocycles. The molecule has 0 spiro atoms. The van der Waals surface area contributed by atoms with Crippen LogP contribution < -0.4 is 5.32 Å². The van der Waals surface area contributed by atoms with Gasteiger partial charge in [0.1, 0.15) is 27.5 Å². The van der Waals surface area contributed by atoms with Crippen LogP contribution in [0.15, 0.2) is 24.3 Å². The number of carboxylic acid groups (broad SMARTS) is 1. The van der Waals surface area contributed by atoms with Crippen LogP contribution in [0.25, 0.3) is 0 Å². The monoisotopic (exact) mass is 405 g/mol. The van der Waals surface area contributed by atoms with Gasteiger partial charge in [0.05, 0.1) is 5.75 Å².